The van der Waals surface area contributed by atoms with Gasteiger partial charge in [-0.3, -0.25) is 9.69 Å². The molecule has 2 N–H and O–H groups in total. The average molecular weight is 241 g/mol. The Morgan fingerprint density at radius 3 is 2.59 bits per heavy atom. The van der Waals surface area contributed by atoms with Gasteiger partial charge in [0.25, 0.3) is 0 Å². The van der Waals surface area contributed by atoms with Gasteiger partial charge < -0.3 is 10.6 Å². The number of nitrogens with zero attached hydrogens (tertiary/aromatic N) is 2. The first-order valence-electron chi connectivity index (χ1n) is 6.64. The molecule has 1 heterocycles. The Labute approximate surface area is 105 Å². The van der Waals surface area contributed by atoms with Crippen LogP contribution in [0.1, 0.15) is 27.2 Å². The van der Waals surface area contributed by atoms with Crippen molar-refractivity contribution in [2.45, 2.75) is 33.2 Å². The minimum absolute atomic E-state index is 0.122. The molecular formula is C13H27N3O. The number of carbonyl (C=O) groups is 1. The van der Waals surface area contributed by atoms with Crippen LogP contribution in [0.2, 0.25) is 0 Å². The molecule has 1 amide bonds. The number of likely N-dealkylation sites (N-methyl/N-ethyl adjacent to an activating group) is 1. The number of amides is 1. The predicted octanol–water partition coefficient (Wildman–Crippen LogP) is 0.770. The normalized spacial score (nSPS) is 27.6. The summed E-state index contributed by atoms with van der Waals surface area (Å²) < 4.78 is 0. The number of hydrogen-bond acceptors (Lipinski definition) is 3. The Hall–Kier alpha value is -0.610. The van der Waals surface area contributed by atoms with E-state index in [1.807, 2.05) is 11.9 Å². The maximum absolute atomic E-state index is 12.2. The minimum atomic E-state index is -0.122. The van der Waals surface area contributed by atoms with Gasteiger partial charge in [0.2, 0.25) is 5.91 Å². The Bertz CT molecular complexity index is 255. The van der Waals surface area contributed by atoms with Gasteiger partial charge in [-0.1, -0.05) is 20.8 Å². The lowest BCUT2D eigenvalue weighted by Gasteiger charge is -2.29. The van der Waals surface area contributed by atoms with Gasteiger partial charge in [0.1, 0.15) is 6.04 Å². The molecule has 17 heavy (non-hydrogen) atoms. The van der Waals surface area contributed by atoms with E-state index in [2.05, 4.69) is 25.7 Å². The largest absolute Gasteiger partial charge is 0.344 e. The van der Waals surface area contributed by atoms with Crippen molar-refractivity contribution in [2.24, 2.45) is 17.6 Å². The van der Waals surface area contributed by atoms with E-state index in [0.29, 0.717) is 18.4 Å². The summed E-state index contributed by atoms with van der Waals surface area (Å²) in [5, 5.41) is 0. The molecule has 1 saturated heterocycles. The summed E-state index contributed by atoms with van der Waals surface area (Å²) in [6, 6.07) is -0.122. The molecular weight excluding hydrogens is 214 g/mol. The number of hydrogen-bond donors (Lipinski definition) is 1. The molecule has 100 valence electrons. The molecule has 4 nitrogen and oxygen atoms in total. The minimum Gasteiger partial charge on any atom is -0.344 e. The lowest BCUT2D eigenvalue weighted by atomic mass is 10.1. The van der Waals surface area contributed by atoms with Gasteiger partial charge in [0.05, 0.1) is 0 Å². The highest BCUT2D eigenvalue weighted by Gasteiger charge is 2.32. The zero-order valence-corrected chi connectivity index (χ0v) is 11.6. The Morgan fingerprint density at radius 1 is 1.41 bits per heavy atom. The summed E-state index contributed by atoms with van der Waals surface area (Å²) in [6.07, 6.45) is 1.13. The van der Waals surface area contributed by atoms with Crippen molar-refractivity contribution in [2.75, 3.05) is 33.2 Å². The first-order chi connectivity index (χ1) is 7.95. The summed E-state index contributed by atoms with van der Waals surface area (Å²) in [5.74, 6) is 1.37. The number of nitrogens with two attached hydrogens (primary N) is 1. The van der Waals surface area contributed by atoms with Crippen LogP contribution >= 0.6 is 0 Å². The van der Waals surface area contributed by atoms with E-state index < -0.39 is 0 Å². The van der Waals surface area contributed by atoms with Crippen molar-refractivity contribution in [1.82, 2.24) is 9.80 Å². The van der Waals surface area contributed by atoms with Crippen LogP contribution in [-0.4, -0.2) is 55.0 Å². The fraction of sp³-hybridized carbons (Fsp3) is 0.923. The van der Waals surface area contributed by atoms with Gasteiger partial charge in [-0.15, -0.1) is 0 Å². The van der Waals surface area contributed by atoms with Crippen molar-refractivity contribution < 1.29 is 4.79 Å². The third-order valence-corrected chi connectivity index (χ3v) is 3.45. The van der Waals surface area contributed by atoms with Gasteiger partial charge in [-0.25, -0.2) is 0 Å². The summed E-state index contributed by atoms with van der Waals surface area (Å²) in [4.78, 5) is 16.3. The van der Waals surface area contributed by atoms with Gasteiger partial charge >= 0.3 is 0 Å². The molecule has 0 aromatic carbocycles. The standard InChI is InChI=1S/C13H27N3O/c1-10(2)5-6-16-9-11(3)8-15(4)13(17)12(16)7-14/h10-12H,5-9,14H2,1-4H3. The van der Waals surface area contributed by atoms with Crippen molar-refractivity contribution in [3.63, 3.8) is 0 Å². The molecule has 1 aliphatic heterocycles. The van der Waals surface area contributed by atoms with Crippen molar-refractivity contribution in [3.05, 3.63) is 0 Å². The summed E-state index contributed by atoms with van der Waals surface area (Å²) in [6.45, 7) is 9.85. The van der Waals surface area contributed by atoms with Crippen molar-refractivity contribution in [3.8, 4) is 0 Å². The molecule has 4 heteroatoms. The average Bonchev–Trinajstić information content (AvgIpc) is 2.34. The van der Waals surface area contributed by atoms with Gasteiger partial charge in [-0.05, 0) is 24.8 Å². The molecule has 2 atom stereocenters. The van der Waals surface area contributed by atoms with E-state index in [1.54, 1.807) is 0 Å². The van der Waals surface area contributed by atoms with Crippen LogP contribution in [0.15, 0.2) is 0 Å². The molecule has 2 unspecified atom stereocenters. The highest BCUT2D eigenvalue weighted by Crippen LogP contribution is 2.15. The highest BCUT2D eigenvalue weighted by atomic mass is 16.2. The van der Waals surface area contributed by atoms with E-state index >= 15 is 0 Å². The van der Waals surface area contributed by atoms with E-state index in [1.165, 1.54) is 0 Å². The molecule has 1 aliphatic rings. The van der Waals surface area contributed by atoms with Crippen molar-refractivity contribution >= 4 is 5.91 Å². The second-order valence-electron chi connectivity index (χ2n) is 5.75. The number of rotatable bonds is 4. The molecule has 0 saturated carbocycles. The summed E-state index contributed by atoms with van der Waals surface area (Å²) >= 11 is 0. The molecule has 0 aromatic heterocycles. The van der Waals surface area contributed by atoms with Crippen LogP contribution in [0.25, 0.3) is 0 Å². The van der Waals surface area contributed by atoms with Gasteiger partial charge in [0, 0.05) is 26.7 Å². The quantitative estimate of drug-likeness (QED) is 0.791. The predicted molar refractivity (Wildman–Crippen MR) is 70.7 cm³/mol. The monoisotopic (exact) mass is 241 g/mol. The topological polar surface area (TPSA) is 49.6 Å². The third kappa shape index (κ3) is 3.96. The van der Waals surface area contributed by atoms with Gasteiger partial charge in [0.15, 0.2) is 0 Å². The van der Waals surface area contributed by atoms with Crippen LogP contribution in [0.5, 0.6) is 0 Å². The van der Waals surface area contributed by atoms with E-state index in [4.69, 9.17) is 5.73 Å². The summed E-state index contributed by atoms with van der Waals surface area (Å²) in [5.41, 5.74) is 5.78. The second kappa shape index (κ2) is 6.36. The molecule has 0 aliphatic carbocycles. The second-order valence-corrected chi connectivity index (χ2v) is 5.75. The molecule has 1 rings (SSSR count). The fourth-order valence-electron chi connectivity index (χ4n) is 2.47. The zero-order valence-electron chi connectivity index (χ0n) is 11.6. The van der Waals surface area contributed by atoms with E-state index in [9.17, 15) is 4.79 Å². The first-order valence-corrected chi connectivity index (χ1v) is 6.64. The SMILES string of the molecule is CC(C)CCN1CC(C)CN(C)C(=O)C1CN. The Morgan fingerprint density at radius 2 is 2.06 bits per heavy atom. The van der Waals surface area contributed by atoms with Crippen LogP contribution < -0.4 is 5.73 Å². The molecule has 0 spiro atoms. The summed E-state index contributed by atoms with van der Waals surface area (Å²) in [7, 11) is 1.88. The maximum atomic E-state index is 12.2. The van der Waals surface area contributed by atoms with Crippen LogP contribution in [0.4, 0.5) is 0 Å². The third-order valence-electron chi connectivity index (χ3n) is 3.45. The van der Waals surface area contributed by atoms with E-state index in [0.717, 1.165) is 26.1 Å². The molecule has 1 fully saturated rings. The fourth-order valence-corrected chi connectivity index (χ4v) is 2.47. The highest BCUT2D eigenvalue weighted by molar-refractivity contribution is 5.82. The lowest BCUT2D eigenvalue weighted by molar-refractivity contribution is -0.133. The molecule has 0 radical (unpaired) electrons. The Balaban J connectivity index is 2.72. The zero-order chi connectivity index (χ0) is 13.0. The number of carbonyl (C=O) groups excluding carboxylic acids is 1. The van der Waals surface area contributed by atoms with Crippen LogP contribution in [-0.2, 0) is 4.79 Å². The smallest absolute Gasteiger partial charge is 0.240 e. The lowest BCUT2D eigenvalue weighted by Crippen LogP contribution is -2.49. The van der Waals surface area contributed by atoms with Crippen molar-refractivity contribution in [1.29, 1.82) is 0 Å². The van der Waals surface area contributed by atoms with Crippen LogP contribution in [0.3, 0.4) is 0 Å². The van der Waals surface area contributed by atoms with Crippen LogP contribution in [0, 0.1) is 11.8 Å². The van der Waals surface area contributed by atoms with Gasteiger partial charge in [-0.2, -0.15) is 0 Å². The molecule has 0 bridgehead atoms. The Kier molecular flexibility index (Phi) is 5.40. The molecule has 0 aromatic rings. The van der Waals surface area contributed by atoms with E-state index in [-0.39, 0.29) is 11.9 Å². The first kappa shape index (κ1) is 14.5. The maximum Gasteiger partial charge on any atom is 0.240 e.